The van der Waals surface area contributed by atoms with E-state index in [4.69, 9.17) is 19.7 Å². The van der Waals surface area contributed by atoms with Gasteiger partial charge in [-0.3, -0.25) is 14.4 Å². The zero-order valence-electron chi connectivity index (χ0n) is 15.8. The van der Waals surface area contributed by atoms with Crippen molar-refractivity contribution in [2.75, 3.05) is 32.8 Å². The van der Waals surface area contributed by atoms with Gasteiger partial charge >= 0.3 is 23.9 Å². The van der Waals surface area contributed by atoms with Crippen molar-refractivity contribution < 1.29 is 44.0 Å². The molecule has 0 fully saturated rings. The predicted molar refractivity (Wildman–Crippen MR) is 93.0 cm³/mol. The zero-order valence-corrected chi connectivity index (χ0v) is 15.8. The Bertz CT molecular complexity index is 505. The van der Waals surface area contributed by atoms with Crippen LogP contribution in [-0.2, 0) is 28.7 Å². The molecule has 10 heteroatoms. The fourth-order valence-corrected chi connectivity index (χ4v) is 2.21. The summed E-state index contributed by atoms with van der Waals surface area (Å²) in [6.45, 7) is 6.70. The third-order valence-corrected chi connectivity index (χ3v) is 3.88. The summed E-state index contributed by atoms with van der Waals surface area (Å²) in [7, 11) is 0. The summed E-state index contributed by atoms with van der Waals surface area (Å²) >= 11 is 0. The molecule has 0 rings (SSSR count). The van der Waals surface area contributed by atoms with E-state index in [1.165, 1.54) is 0 Å². The summed E-state index contributed by atoms with van der Waals surface area (Å²) in [6, 6.07) is 0. The standard InChI is InChI=1S/C17H29NO9/c1-3-18(4-2)8-10-27-14(21)7-5-6-9-26-15(22)12-17(25,16(23)24)11-13(19)20/h25H,3-12H2,1-2H3,(H,19,20)(H,23,24). The molecule has 0 heterocycles. The number of carboxylic acids is 2. The average Bonchev–Trinajstić information content (AvgIpc) is 2.57. The molecule has 0 bridgehead atoms. The van der Waals surface area contributed by atoms with E-state index in [1.807, 2.05) is 13.8 Å². The molecule has 1 atom stereocenters. The van der Waals surface area contributed by atoms with Crippen LogP contribution in [0, 0.1) is 0 Å². The second-order valence-corrected chi connectivity index (χ2v) is 6.01. The number of aliphatic hydroxyl groups is 1. The molecule has 0 aliphatic carbocycles. The minimum absolute atomic E-state index is 0.0751. The molecule has 0 aromatic rings. The quantitative estimate of drug-likeness (QED) is 0.262. The van der Waals surface area contributed by atoms with Crippen molar-refractivity contribution in [2.24, 2.45) is 0 Å². The van der Waals surface area contributed by atoms with Crippen LogP contribution in [0.1, 0.15) is 46.0 Å². The SMILES string of the molecule is CCN(CC)CCOC(=O)CCCCOC(=O)CC(O)(CC(=O)O)C(=O)O. The average molecular weight is 391 g/mol. The van der Waals surface area contributed by atoms with E-state index in [2.05, 4.69) is 4.90 Å². The Morgan fingerprint density at radius 3 is 2.00 bits per heavy atom. The van der Waals surface area contributed by atoms with E-state index in [0.29, 0.717) is 26.0 Å². The number of hydrogen-bond acceptors (Lipinski definition) is 8. The lowest BCUT2D eigenvalue weighted by atomic mass is 9.96. The van der Waals surface area contributed by atoms with Gasteiger partial charge in [-0.05, 0) is 25.9 Å². The third-order valence-electron chi connectivity index (χ3n) is 3.88. The Balaban J connectivity index is 3.97. The highest BCUT2D eigenvalue weighted by Crippen LogP contribution is 2.17. The van der Waals surface area contributed by atoms with Crippen LogP contribution >= 0.6 is 0 Å². The van der Waals surface area contributed by atoms with Crippen LogP contribution in [0.2, 0.25) is 0 Å². The fourth-order valence-electron chi connectivity index (χ4n) is 2.21. The van der Waals surface area contributed by atoms with Crippen LogP contribution < -0.4 is 0 Å². The summed E-state index contributed by atoms with van der Waals surface area (Å²) in [5.74, 6) is -4.74. The van der Waals surface area contributed by atoms with Crippen molar-refractivity contribution >= 4 is 23.9 Å². The van der Waals surface area contributed by atoms with Gasteiger partial charge in [0.2, 0.25) is 0 Å². The Kier molecular flexibility index (Phi) is 12.0. The Hall–Kier alpha value is -2.20. The van der Waals surface area contributed by atoms with Gasteiger partial charge in [0.15, 0.2) is 5.60 Å². The van der Waals surface area contributed by atoms with Crippen LogP contribution in [0.5, 0.6) is 0 Å². The molecule has 0 aliphatic rings. The smallest absolute Gasteiger partial charge is 0.336 e. The number of unbranched alkanes of at least 4 members (excludes halogenated alkanes) is 1. The van der Waals surface area contributed by atoms with E-state index in [-0.39, 0.29) is 19.0 Å². The number of carbonyl (C=O) groups excluding carboxylic acids is 2. The third kappa shape index (κ3) is 11.2. The first-order valence-corrected chi connectivity index (χ1v) is 8.85. The molecule has 0 aliphatic heterocycles. The van der Waals surface area contributed by atoms with Crippen molar-refractivity contribution in [2.45, 2.75) is 51.6 Å². The van der Waals surface area contributed by atoms with Gasteiger partial charge in [0, 0.05) is 13.0 Å². The highest BCUT2D eigenvalue weighted by atomic mass is 16.5. The Morgan fingerprint density at radius 1 is 0.889 bits per heavy atom. The van der Waals surface area contributed by atoms with Gasteiger partial charge in [-0.15, -0.1) is 0 Å². The number of hydrogen-bond donors (Lipinski definition) is 3. The van der Waals surface area contributed by atoms with Gasteiger partial charge in [-0.25, -0.2) is 4.79 Å². The molecule has 0 aromatic carbocycles. The first-order valence-electron chi connectivity index (χ1n) is 8.85. The molecular weight excluding hydrogens is 362 g/mol. The zero-order chi connectivity index (χ0) is 20.9. The molecule has 0 saturated carbocycles. The Labute approximate surface area is 158 Å². The first-order chi connectivity index (χ1) is 12.6. The van der Waals surface area contributed by atoms with Crippen LogP contribution in [0.25, 0.3) is 0 Å². The summed E-state index contributed by atoms with van der Waals surface area (Å²) in [6.07, 6.45) is -1.16. The number of likely N-dealkylation sites (N-methyl/N-ethyl adjacent to an activating group) is 1. The fraction of sp³-hybridized carbons (Fsp3) is 0.765. The topological polar surface area (TPSA) is 151 Å². The van der Waals surface area contributed by atoms with Gasteiger partial charge in [0.05, 0.1) is 19.4 Å². The van der Waals surface area contributed by atoms with Crippen molar-refractivity contribution in [3.8, 4) is 0 Å². The largest absolute Gasteiger partial charge is 0.481 e. The minimum Gasteiger partial charge on any atom is -0.481 e. The molecule has 156 valence electrons. The monoisotopic (exact) mass is 391 g/mol. The van der Waals surface area contributed by atoms with Gasteiger partial charge in [0.25, 0.3) is 0 Å². The molecule has 3 N–H and O–H groups in total. The number of rotatable bonds is 15. The maximum atomic E-state index is 11.6. The van der Waals surface area contributed by atoms with E-state index >= 15 is 0 Å². The molecule has 0 radical (unpaired) electrons. The predicted octanol–water partition coefficient (Wildman–Crippen LogP) is 0.265. The van der Waals surface area contributed by atoms with Crippen LogP contribution in [0.15, 0.2) is 0 Å². The molecule has 0 aromatic heterocycles. The molecule has 0 saturated heterocycles. The van der Waals surface area contributed by atoms with Crippen molar-refractivity contribution in [3.63, 3.8) is 0 Å². The lowest BCUT2D eigenvalue weighted by Crippen LogP contribution is -2.43. The summed E-state index contributed by atoms with van der Waals surface area (Å²) < 4.78 is 9.87. The lowest BCUT2D eigenvalue weighted by Gasteiger charge is -2.20. The Morgan fingerprint density at radius 2 is 1.48 bits per heavy atom. The van der Waals surface area contributed by atoms with E-state index in [1.54, 1.807) is 0 Å². The van der Waals surface area contributed by atoms with Gasteiger partial charge in [-0.1, -0.05) is 13.8 Å². The van der Waals surface area contributed by atoms with Crippen molar-refractivity contribution in [1.29, 1.82) is 0 Å². The molecule has 0 amide bonds. The summed E-state index contributed by atoms with van der Waals surface area (Å²) in [5, 5.41) is 27.2. The van der Waals surface area contributed by atoms with E-state index < -0.39 is 36.4 Å². The van der Waals surface area contributed by atoms with E-state index in [0.717, 1.165) is 13.1 Å². The number of carboxylic acid groups (broad SMARTS) is 2. The molecule has 0 spiro atoms. The van der Waals surface area contributed by atoms with Gasteiger partial charge in [0.1, 0.15) is 6.61 Å². The molecule has 10 nitrogen and oxygen atoms in total. The van der Waals surface area contributed by atoms with Crippen LogP contribution in [0.3, 0.4) is 0 Å². The van der Waals surface area contributed by atoms with Crippen molar-refractivity contribution in [3.05, 3.63) is 0 Å². The maximum Gasteiger partial charge on any atom is 0.336 e. The van der Waals surface area contributed by atoms with Crippen molar-refractivity contribution in [1.82, 2.24) is 4.90 Å². The van der Waals surface area contributed by atoms with Crippen LogP contribution in [-0.4, -0.2) is 82.5 Å². The normalized spacial score (nSPS) is 13.0. The summed E-state index contributed by atoms with van der Waals surface area (Å²) in [4.78, 5) is 46.8. The molecular formula is C17H29NO9. The van der Waals surface area contributed by atoms with Gasteiger partial charge < -0.3 is 29.7 Å². The molecule has 1 unspecified atom stereocenters. The van der Waals surface area contributed by atoms with Gasteiger partial charge in [-0.2, -0.15) is 0 Å². The van der Waals surface area contributed by atoms with Crippen LogP contribution in [0.4, 0.5) is 0 Å². The second kappa shape index (κ2) is 13.0. The number of nitrogens with zero attached hydrogens (tertiary/aromatic N) is 1. The number of ether oxygens (including phenoxy) is 2. The number of esters is 2. The second-order valence-electron chi connectivity index (χ2n) is 6.01. The highest BCUT2D eigenvalue weighted by molar-refractivity contribution is 5.88. The summed E-state index contributed by atoms with van der Waals surface area (Å²) in [5.41, 5.74) is -2.71. The maximum absolute atomic E-state index is 11.6. The number of aliphatic carboxylic acids is 2. The van der Waals surface area contributed by atoms with E-state index in [9.17, 15) is 24.3 Å². The minimum atomic E-state index is -2.71. The lowest BCUT2D eigenvalue weighted by molar-refractivity contribution is -0.172. The highest BCUT2D eigenvalue weighted by Gasteiger charge is 2.41. The first kappa shape index (κ1) is 24.8. The molecule has 27 heavy (non-hydrogen) atoms. The number of carbonyl (C=O) groups is 4.